The molecular formula is C13H11ClN2O3S. The van der Waals surface area contributed by atoms with E-state index < -0.39 is 4.92 Å². The quantitative estimate of drug-likeness (QED) is 0.504. The third kappa shape index (κ3) is 3.34. The summed E-state index contributed by atoms with van der Waals surface area (Å²) in [5.74, 6) is 0.612. The van der Waals surface area contributed by atoms with E-state index in [1.807, 2.05) is 0 Å². The zero-order valence-electron chi connectivity index (χ0n) is 10.5. The standard InChI is InChI=1S/C13H11ClN2O3S/c1-19-12-7-6-9(14)8-10(12)15-20-13-5-3-2-4-11(13)16(17)18/h2-8,15H,1H3. The molecule has 104 valence electrons. The van der Waals surface area contributed by atoms with Gasteiger partial charge in [-0.3, -0.25) is 10.1 Å². The molecule has 0 aromatic heterocycles. The number of hydrogen-bond donors (Lipinski definition) is 1. The summed E-state index contributed by atoms with van der Waals surface area (Å²) < 4.78 is 8.22. The first-order chi connectivity index (χ1) is 9.61. The smallest absolute Gasteiger partial charge is 0.284 e. The minimum atomic E-state index is -0.417. The second-order valence-electron chi connectivity index (χ2n) is 3.77. The first kappa shape index (κ1) is 14.5. The number of rotatable bonds is 5. The van der Waals surface area contributed by atoms with Crippen LogP contribution < -0.4 is 9.46 Å². The molecule has 1 N–H and O–H groups in total. The van der Waals surface area contributed by atoms with E-state index in [1.54, 1.807) is 43.5 Å². The Balaban J connectivity index is 2.21. The third-order valence-electron chi connectivity index (χ3n) is 2.49. The number of methoxy groups -OCH3 is 1. The second kappa shape index (κ2) is 6.49. The van der Waals surface area contributed by atoms with Gasteiger partial charge in [0.2, 0.25) is 0 Å². The Bertz CT molecular complexity index is 637. The van der Waals surface area contributed by atoms with Crippen molar-refractivity contribution in [3.8, 4) is 5.75 Å². The summed E-state index contributed by atoms with van der Waals surface area (Å²) in [7, 11) is 1.55. The SMILES string of the molecule is COc1ccc(Cl)cc1NSc1ccccc1[N+](=O)[O-]. The van der Waals surface area contributed by atoms with E-state index in [4.69, 9.17) is 16.3 Å². The van der Waals surface area contributed by atoms with E-state index in [2.05, 4.69) is 4.72 Å². The van der Waals surface area contributed by atoms with Crippen LogP contribution in [0, 0.1) is 10.1 Å². The maximum absolute atomic E-state index is 10.9. The molecule has 5 nitrogen and oxygen atoms in total. The van der Waals surface area contributed by atoms with Crippen LogP contribution in [0.4, 0.5) is 11.4 Å². The fourth-order valence-corrected chi connectivity index (χ4v) is 2.51. The molecule has 2 aromatic carbocycles. The Morgan fingerprint density at radius 3 is 2.75 bits per heavy atom. The van der Waals surface area contributed by atoms with Gasteiger partial charge in [0.1, 0.15) is 10.6 Å². The minimum absolute atomic E-state index is 0.0472. The fourth-order valence-electron chi connectivity index (χ4n) is 1.56. The topological polar surface area (TPSA) is 64.4 Å². The van der Waals surface area contributed by atoms with Crippen molar-refractivity contribution in [1.29, 1.82) is 0 Å². The van der Waals surface area contributed by atoms with Gasteiger partial charge in [0.05, 0.1) is 17.7 Å². The van der Waals surface area contributed by atoms with Crippen LogP contribution in [-0.2, 0) is 0 Å². The molecule has 0 heterocycles. The Hall–Kier alpha value is -1.92. The molecule has 0 spiro atoms. The average molecular weight is 311 g/mol. The van der Waals surface area contributed by atoms with Crippen molar-refractivity contribution in [2.24, 2.45) is 0 Å². The number of ether oxygens (including phenoxy) is 1. The van der Waals surface area contributed by atoms with Crippen molar-refractivity contribution in [2.75, 3.05) is 11.8 Å². The first-order valence-corrected chi connectivity index (χ1v) is 6.81. The minimum Gasteiger partial charge on any atom is -0.495 e. The van der Waals surface area contributed by atoms with Crippen molar-refractivity contribution >= 4 is 34.9 Å². The van der Waals surface area contributed by atoms with Crippen LogP contribution >= 0.6 is 23.5 Å². The maximum Gasteiger partial charge on any atom is 0.284 e. The van der Waals surface area contributed by atoms with Gasteiger partial charge in [-0.05, 0) is 36.2 Å². The molecule has 20 heavy (non-hydrogen) atoms. The molecule has 0 atom stereocenters. The Morgan fingerprint density at radius 1 is 1.30 bits per heavy atom. The van der Waals surface area contributed by atoms with Crippen LogP contribution in [0.1, 0.15) is 0 Å². The molecule has 2 aromatic rings. The van der Waals surface area contributed by atoms with E-state index in [0.29, 0.717) is 21.4 Å². The molecule has 0 saturated carbocycles. The summed E-state index contributed by atoms with van der Waals surface area (Å²) in [6, 6.07) is 11.6. The Labute approximate surface area is 125 Å². The number of nitro benzene ring substituents is 1. The number of nitrogens with one attached hydrogen (secondary N) is 1. The number of halogens is 1. The number of hydrogen-bond acceptors (Lipinski definition) is 5. The van der Waals surface area contributed by atoms with Gasteiger partial charge in [-0.2, -0.15) is 0 Å². The molecule has 0 fully saturated rings. The van der Waals surface area contributed by atoms with Gasteiger partial charge >= 0.3 is 0 Å². The van der Waals surface area contributed by atoms with Crippen molar-refractivity contribution in [3.63, 3.8) is 0 Å². The normalized spacial score (nSPS) is 10.1. The number of para-hydroxylation sites is 1. The fraction of sp³-hybridized carbons (Fsp3) is 0.0769. The van der Waals surface area contributed by atoms with Crippen molar-refractivity contribution in [1.82, 2.24) is 0 Å². The van der Waals surface area contributed by atoms with E-state index in [1.165, 1.54) is 6.07 Å². The van der Waals surface area contributed by atoms with E-state index in [-0.39, 0.29) is 5.69 Å². The van der Waals surface area contributed by atoms with Gasteiger partial charge in [-0.15, -0.1) is 0 Å². The molecule has 0 amide bonds. The monoisotopic (exact) mass is 310 g/mol. The van der Waals surface area contributed by atoms with E-state index >= 15 is 0 Å². The maximum atomic E-state index is 10.9. The molecule has 0 bridgehead atoms. The highest BCUT2D eigenvalue weighted by Gasteiger charge is 2.13. The van der Waals surface area contributed by atoms with Crippen LogP contribution in [0.25, 0.3) is 0 Å². The third-order valence-corrected chi connectivity index (χ3v) is 3.62. The Morgan fingerprint density at radius 2 is 2.05 bits per heavy atom. The predicted molar refractivity (Wildman–Crippen MR) is 80.6 cm³/mol. The molecule has 0 aliphatic carbocycles. The highest BCUT2D eigenvalue weighted by atomic mass is 35.5. The number of anilines is 1. The number of nitrogens with zero attached hydrogens (tertiary/aromatic N) is 1. The van der Waals surface area contributed by atoms with Gasteiger partial charge in [-0.1, -0.05) is 23.7 Å². The zero-order chi connectivity index (χ0) is 14.5. The lowest BCUT2D eigenvalue weighted by Gasteiger charge is -2.10. The summed E-state index contributed by atoms with van der Waals surface area (Å²) in [5, 5.41) is 11.5. The molecule has 0 aliphatic rings. The molecule has 0 saturated heterocycles. The predicted octanol–water partition coefficient (Wildman–Crippen LogP) is 4.38. The Kier molecular flexibility index (Phi) is 4.70. The molecular weight excluding hydrogens is 300 g/mol. The zero-order valence-corrected chi connectivity index (χ0v) is 12.1. The van der Waals surface area contributed by atoms with Gasteiger partial charge in [0.15, 0.2) is 0 Å². The van der Waals surface area contributed by atoms with Crippen LogP contribution in [0.3, 0.4) is 0 Å². The van der Waals surface area contributed by atoms with Gasteiger partial charge in [0, 0.05) is 11.1 Å². The summed E-state index contributed by atoms with van der Waals surface area (Å²) in [6.07, 6.45) is 0. The second-order valence-corrected chi connectivity index (χ2v) is 5.06. The first-order valence-electron chi connectivity index (χ1n) is 5.61. The number of benzene rings is 2. The average Bonchev–Trinajstić information content (AvgIpc) is 2.45. The van der Waals surface area contributed by atoms with Gasteiger partial charge < -0.3 is 9.46 Å². The largest absolute Gasteiger partial charge is 0.495 e. The van der Waals surface area contributed by atoms with E-state index in [0.717, 1.165) is 11.9 Å². The molecule has 0 aliphatic heterocycles. The van der Waals surface area contributed by atoms with Crippen molar-refractivity contribution in [3.05, 3.63) is 57.6 Å². The van der Waals surface area contributed by atoms with Crippen molar-refractivity contribution < 1.29 is 9.66 Å². The van der Waals surface area contributed by atoms with E-state index in [9.17, 15) is 10.1 Å². The lowest BCUT2D eigenvalue weighted by molar-refractivity contribution is -0.387. The van der Waals surface area contributed by atoms with Gasteiger partial charge in [-0.25, -0.2) is 0 Å². The molecule has 2 rings (SSSR count). The van der Waals surface area contributed by atoms with Gasteiger partial charge in [0.25, 0.3) is 5.69 Å². The lowest BCUT2D eigenvalue weighted by atomic mass is 10.3. The number of nitro groups is 1. The van der Waals surface area contributed by atoms with Crippen molar-refractivity contribution in [2.45, 2.75) is 4.90 Å². The van der Waals surface area contributed by atoms with Crippen LogP contribution in [0.5, 0.6) is 5.75 Å². The van der Waals surface area contributed by atoms with Crippen LogP contribution in [0.15, 0.2) is 47.4 Å². The summed E-state index contributed by atoms with van der Waals surface area (Å²) in [5.41, 5.74) is 0.703. The summed E-state index contributed by atoms with van der Waals surface area (Å²) in [4.78, 5) is 11.0. The molecule has 7 heteroatoms. The van der Waals surface area contributed by atoms with Crippen LogP contribution in [-0.4, -0.2) is 12.0 Å². The summed E-state index contributed by atoms with van der Waals surface area (Å²) >= 11 is 7.06. The molecule has 0 radical (unpaired) electrons. The highest BCUT2D eigenvalue weighted by molar-refractivity contribution is 8.00. The lowest BCUT2D eigenvalue weighted by Crippen LogP contribution is -1.95. The molecule has 0 unspecified atom stereocenters. The summed E-state index contributed by atoms with van der Waals surface area (Å²) in [6.45, 7) is 0. The van der Waals surface area contributed by atoms with Crippen LogP contribution in [0.2, 0.25) is 5.02 Å². The highest BCUT2D eigenvalue weighted by Crippen LogP contribution is 2.34.